The summed E-state index contributed by atoms with van der Waals surface area (Å²) in [5.74, 6) is 0.798. The van der Waals surface area contributed by atoms with E-state index in [-0.39, 0.29) is 18.2 Å². The largest absolute Gasteiger partial charge is 0.333 e. The van der Waals surface area contributed by atoms with E-state index in [0.29, 0.717) is 11.7 Å². The molecule has 0 atom stereocenters. The predicted molar refractivity (Wildman–Crippen MR) is 86.7 cm³/mol. The SMILES string of the molecule is Cl.NC1(c2noc(-c3cc4cc(F)ccc4s3)n2)CCCC1. The number of rotatable bonds is 2. The van der Waals surface area contributed by atoms with Crippen molar-refractivity contribution in [3.63, 3.8) is 0 Å². The standard InChI is InChI=1S/C15H14FN3OS.ClH/c16-10-3-4-11-9(7-10)8-12(21-11)13-18-14(19-20-13)15(17)5-1-2-6-15;/h3-4,7-8H,1-2,5-6,17H2;1H. The normalized spacial score (nSPS) is 16.8. The van der Waals surface area contributed by atoms with Crippen molar-refractivity contribution in [3.8, 4) is 10.8 Å². The van der Waals surface area contributed by atoms with Crippen LogP contribution in [0.25, 0.3) is 20.9 Å². The predicted octanol–water partition coefficient (Wildman–Crippen LogP) is 4.24. The Labute approximate surface area is 136 Å². The van der Waals surface area contributed by atoms with Crippen LogP contribution >= 0.6 is 23.7 Å². The second-order valence-electron chi connectivity index (χ2n) is 5.58. The average molecular weight is 340 g/mol. The first-order valence-corrected chi connectivity index (χ1v) is 7.78. The van der Waals surface area contributed by atoms with Crippen molar-refractivity contribution in [2.24, 2.45) is 5.73 Å². The second-order valence-corrected chi connectivity index (χ2v) is 6.66. The van der Waals surface area contributed by atoms with Gasteiger partial charge in [0.2, 0.25) is 0 Å². The number of nitrogens with two attached hydrogens (primary N) is 1. The smallest absolute Gasteiger partial charge is 0.268 e. The summed E-state index contributed by atoms with van der Waals surface area (Å²) in [5, 5.41) is 4.90. The summed E-state index contributed by atoms with van der Waals surface area (Å²) in [6.45, 7) is 0. The Hall–Kier alpha value is -1.50. The fourth-order valence-electron chi connectivity index (χ4n) is 2.87. The molecule has 0 amide bonds. The molecule has 0 saturated heterocycles. The van der Waals surface area contributed by atoms with Crippen LogP contribution in [-0.4, -0.2) is 10.1 Å². The fourth-order valence-corrected chi connectivity index (χ4v) is 3.84. The zero-order chi connectivity index (χ0) is 14.4. The average Bonchev–Trinajstić information content (AvgIpc) is 3.15. The molecule has 2 heterocycles. The highest BCUT2D eigenvalue weighted by Gasteiger charge is 2.36. The van der Waals surface area contributed by atoms with Crippen molar-refractivity contribution in [1.29, 1.82) is 0 Å². The van der Waals surface area contributed by atoms with Crippen LogP contribution in [-0.2, 0) is 5.54 Å². The molecule has 1 saturated carbocycles. The van der Waals surface area contributed by atoms with Crippen LogP contribution < -0.4 is 5.73 Å². The monoisotopic (exact) mass is 339 g/mol. The summed E-state index contributed by atoms with van der Waals surface area (Å²) in [6.07, 6.45) is 3.98. The fraction of sp³-hybridized carbons (Fsp3) is 0.333. The molecule has 0 bridgehead atoms. The molecule has 0 spiro atoms. The summed E-state index contributed by atoms with van der Waals surface area (Å²) >= 11 is 1.51. The summed E-state index contributed by atoms with van der Waals surface area (Å²) in [5.41, 5.74) is 5.88. The number of halogens is 2. The first-order valence-electron chi connectivity index (χ1n) is 6.97. The molecule has 1 aromatic carbocycles. The molecule has 2 N–H and O–H groups in total. The number of fused-ring (bicyclic) bond motifs is 1. The Bertz CT molecular complexity index is 810. The van der Waals surface area contributed by atoms with Crippen molar-refractivity contribution in [2.75, 3.05) is 0 Å². The van der Waals surface area contributed by atoms with E-state index in [1.54, 1.807) is 6.07 Å². The topological polar surface area (TPSA) is 64.9 Å². The highest BCUT2D eigenvalue weighted by molar-refractivity contribution is 7.22. The Morgan fingerprint density at radius 1 is 1.23 bits per heavy atom. The molecule has 7 heteroatoms. The number of nitrogens with zero attached hydrogens (tertiary/aromatic N) is 2. The molecule has 3 aromatic rings. The molecular weight excluding hydrogens is 325 g/mol. The van der Waals surface area contributed by atoms with Crippen LogP contribution in [0.1, 0.15) is 31.5 Å². The number of aromatic nitrogens is 2. The molecule has 22 heavy (non-hydrogen) atoms. The maximum atomic E-state index is 13.2. The van der Waals surface area contributed by atoms with Crippen molar-refractivity contribution in [2.45, 2.75) is 31.2 Å². The van der Waals surface area contributed by atoms with Gasteiger partial charge in [-0.15, -0.1) is 23.7 Å². The number of hydrogen-bond donors (Lipinski definition) is 1. The van der Waals surface area contributed by atoms with Crippen LogP contribution in [0.4, 0.5) is 4.39 Å². The summed E-state index contributed by atoms with van der Waals surface area (Å²) < 4.78 is 19.6. The maximum absolute atomic E-state index is 13.2. The van der Waals surface area contributed by atoms with Gasteiger partial charge < -0.3 is 10.3 Å². The maximum Gasteiger partial charge on any atom is 0.268 e. The highest BCUT2D eigenvalue weighted by atomic mass is 35.5. The van der Waals surface area contributed by atoms with Crippen LogP contribution in [0.3, 0.4) is 0 Å². The van der Waals surface area contributed by atoms with Gasteiger partial charge in [-0.2, -0.15) is 4.98 Å². The Kier molecular flexibility index (Phi) is 3.92. The van der Waals surface area contributed by atoms with Crippen LogP contribution in [0, 0.1) is 5.82 Å². The minimum absolute atomic E-state index is 0. The molecular formula is C15H15ClFN3OS. The minimum atomic E-state index is -0.454. The van der Waals surface area contributed by atoms with E-state index in [1.165, 1.54) is 23.5 Å². The van der Waals surface area contributed by atoms with Crippen molar-refractivity contribution < 1.29 is 8.91 Å². The lowest BCUT2D eigenvalue weighted by molar-refractivity contribution is 0.373. The quantitative estimate of drug-likeness (QED) is 0.758. The lowest BCUT2D eigenvalue weighted by atomic mass is 9.99. The van der Waals surface area contributed by atoms with E-state index in [0.717, 1.165) is 40.6 Å². The third-order valence-electron chi connectivity index (χ3n) is 4.06. The van der Waals surface area contributed by atoms with Crippen LogP contribution in [0.15, 0.2) is 28.8 Å². The molecule has 1 aliphatic carbocycles. The van der Waals surface area contributed by atoms with Gasteiger partial charge in [-0.05, 0) is 42.5 Å². The van der Waals surface area contributed by atoms with E-state index < -0.39 is 5.54 Å². The number of benzene rings is 1. The van der Waals surface area contributed by atoms with E-state index in [2.05, 4.69) is 10.1 Å². The Morgan fingerprint density at radius 2 is 2.00 bits per heavy atom. The molecule has 1 fully saturated rings. The van der Waals surface area contributed by atoms with Crippen molar-refractivity contribution in [1.82, 2.24) is 10.1 Å². The van der Waals surface area contributed by atoms with Crippen LogP contribution in [0.2, 0.25) is 0 Å². The molecule has 0 aliphatic heterocycles. The van der Waals surface area contributed by atoms with Crippen LogP contribution in [0.5, 0.6) is 0 Å². The van der Waals surface area contributed by atoms with E-state index in [4.69, 9.17) is 10.3 Å². The zero-order valence-corrected chi connectivity index (χ0v) is 13.3. The first-order chi connectivity index (χ1) is 10.1. The number of thiophene rings is 1. The van der Waals surface area contributed by atoms with Gasteiger partial charge in [-0.1, -0.05) is 18.0 Å². The third-order valence-corrected chi connectivity index (χ3v) is 5.16. The van der Waals surface area contributed by atoms with E-state index >= 15 is 0 Å². The minimum Gasteiger partial charge on any atom is -0.333 e. The second kappa shape index (κ2) is 5.61. The van der Waals surface area contributed by atoms with Gasteiger partial charge in [0, 0.05) is 4.70 Å². The lowest BCUT2D eigenvalue weighted by Gasteiger charge is -2.17. The lowest BCUT2D eigenvalue weighted by Crippen LogP contribution is -2.34. The van der Waals surface area contributed by atoms with Gasteiger partial charge in [0.05, 0.1) is 10.4 Å². The number of hydrogen-bond acceptors (Lipinski definition) is 5. The Morgan fingerprint density at radius 3 is 2.77 bits per heavy atom. The van der Waals surface area contributed by atoms with Gasteiger partial charge in [0.1, 0.15) is 5.82 Å². The van der Waals surface area contributed by atoms with Gasteiger partial charge in [0.15, 0.2) is 5.82 Å². The van der Waals surface area contributed by atoms with E-state index in [1.807, 2.05) is 6.07 Å². The van der Waals surface area contributed by atoms with Gasteiger partial charge >= 0.3 is 0 Å². The Balaban J connectivity index is 0.00000144. The highest BCUT2D eigenvalue weighted by Crippen LogP contribution is 2.37. The first kappa shape index (κ1) is 15.4. The molecule has 116 valence electrons. The molecule has 4 nitrogen and oxygen atoms in total. The van der Waals surface area contributed by atoms with Gasteiger partial charge in [-0.3, -0.25) is 0 Å². The van der Waals surface area contributed by atoms with Crippen molar-refractivity contribution >= 4 is 33.8 Å². The molecule has 0 radical (unpaired) electrons. The zero-order valence-electron chi connectivity index (χ0n) is 11.7. The van der Waals surface area contributed by atoms with Gasteiger partial charge in [-0.25, -0.2) is 4.39 Å². The van der Waals surface area contributed by atoms with Crippen molar-refractivity contribution in [3.05, 3.63) is 35.9 Å². The van der Waals surface area contributed by atoms with E-state index in [9.17, 15) is 4.39 Å². The molecule has 0 unspecified atom stereocenters. The molecule has 1 aliphatic rings. The molecule has 2 aromatic heterocycles. The summed E-state index contributed by atoms with van der Waals surface area (Å²) in [4.78, 5) is 5.31. The summed E-state index contributed by atoms with van der Waals surface area (Å²) in [7, 11) is 0. The van der Waals surface area contributed by atoms with Gasteiger partial charge in [0.25, 0.3) is 5.89 Å². The summed E-state index contributed by atoms with van der Waals surface area (Å²) in [6, 6.07) is 6.60. The third kappa shape index (κ3) is 2.51. The molecule has 4 rings (SSSR count).